The molecule has 2 heteroatoms. The fourth-order valence-electron chi connectivity index (χ4n) is 2.19. The number of aliphatic hydroxyl groups excluding tert-OH is 1. The van der Waals surface area contributed by atoms with Crippen molar-refractivity contribution in [2.45, 2.75) is 46.1 Å². The second-order valence-electron chi connectivity index (χ2n) is 5.16. The third-order valence-electron chi connectivity index (χ3n) is 3.33. The summed E-state index contributed by atoms with van der Waals surface area (Å²) in [5.74, 6) is -0.127. The second kappa shape index (κ2) is 7.32. The van der Waals surface area contributed by atoms with Crippen molar-refractivity contribution in [2.24, 2.45) is 11.8 Å². The molecule has 18 heavy (non-hydrogen) atoms. The summed E-state index contributed by atoms with van der Waals surface area (Å²) in [6.07, 6.45) is 2.12. The molecule has 1 N–H and O–H groups in total. The minimum Gasteiger partial charge on any atom is -0.388 e. The molecule has 0 aliphatic heterocycles. The SMILES string of the molecule is CCCCC(C(=O)C(C)C)C(O)c1ccccc1. The molecule has 0 bridgehead atoms. The van der Waals surface area contributed by atoms with Crippen molar-refractivity contribution >= 4 is 5.78 Å². The Bertz CT molecular complexity index is 357. The van der Waals surface area contributed by atoms with Crippen LogP contribution in [0.25, 0.3) is 0 Å². The van der Waals surface area contributed by atoms with Gasteiger partial charge in [-0.3, -0.25) is 4.79 Å². The van der Waals surface area contributed by atoms with Gasteiger partial charge in [0, 0.05) is 11.8 Å². The molecule has 0 saturated carbocycles. The Morgan fingerprint density at radius 1 is 1.22 bits per heavy atom. The highest BCUT2D eigenvalue weighted by molar-refractivity contribution is 5.83. The van der Waals surface area contributed by atoms with Crippen LogP contribution in [0.2, 0.25) is 0 Å². The molecule has 0 saturated heterocycles. The van der Waals surface area contributed by atoms with Gasteiger partial charge in [-0.05, 0) is 12.0 Å². The minimum absolute atomic E-state index is 0.0229. The van der Waals surface area contributed by atoms with E-state index in [4.69, 9.17) is 0 Å². The van der Waals surface area contributed by atoms with Gasteiger partial charge in [0.1, 0.15) is 5.78 Å². The van der Waals surface area contributed by atoms with Crippen LogP contribution in [-0.4, -0.2) is 10.9 Å². The van der Waals surface area contributed by atoms with Crippen molar-refractivity contribution in [3.63, 3.8) is 0 Å². The van der Waals surface area contributed by atoms with Crippen LogP contribution in [0.3, 0.4) is 0 Å². The summed E-state index contributed by atoms with van der Waals surface area (Å²) >= 11 is 0. The van der Waals surface area contributed by atoms with Crippen molar-refractivity contribution in [3.8, 4) is 0 Å². The molecule has 1 aromatic carbocycles. The first-order chi connectivity index (χ1) is 8.57. The van der Waals surface area contributed by atoms with E-state index < -0.39 is 6.10 Å². The monoisotopic (exact) mass is 248 g/mol. The van der Waals surface area contributed by atoms with Gasteiger partial charge in [-0.2, -0.15) is 0 Å². The van der Waals surface area contributed by atoms with E-state index in [9.17, 15) is 9.90 Å². The molecule has 0 amide bonds. The van der Waals surface area contributed by atoms with Crippen molar-refractivity contribution in [3.05, 3.63) is 35.9 Å². The molecule has 2 unspecified atom stereocenters. The van der Waals surface area contributed by atoms with Gasteiger partial charge in [0.25, 0.3) is 0 Å². The quantitative estimate of drug-likeness (QED) is 0.798. The normalized spacial score (nSPS) is 14.5. The molecule has 100 valence electrons. The summed E-state index contributed by atoms with van der Waals surface area (Å²) in [5.41, 5.74) is 0.840. The maximum absolute atomic E-state index is 12.2. The number of benzene rings is 1. The zero-order chi connectivity index (χ0) is 13.5. The average Bonchev–Trinajstić information content (AvgIpc) is 2.39. The van der Waals surface area contributed by atoms with E-state index in [-0.39, 0.29) is 17.6 Å². The molecule has 2 nitrogen and oxygen atoms in total. The minimum atomic E-state index is -0.673. The first kappa shape index (κ1) is 14.9. The number of aliphatic hydroxyl groups is 1. The Morgan fingerprint density at radius 3 is 2.33 bits per heavy atom. The zero-order valence-corrected chi connectivity index (χ0v) is 11.6. The molecular weight excluding hydrogens is 224 g/mol. The molecule has 0 aromatic heterocycles. The van der Waals surface area contributed by atoms with Crippen molar-refractivity contribution in [2.75, 3.05) is 0 Å². The molecule has 0 aliphatic carbocycles. The summed E-state index contributed by atoms with van der Waals surface area (Å²) in [7, 11) is 0. The first-order valence-electron chi connectivity index (χ1n) is 6.84. The Hall–Kier alpha value is -1.15. The summed E-state index contributed by atoms with van der Waals surface area (Å²) in [6.45, 7) is 5.91. The third-order valence-corrected chi connectivity index (χ3v) is 3.33. The number of carbonyl (C=O) groups excluding carboxylic acids is 1. The zero-order valence-electron chi connectivity index (χ0n) is 11.6. The van der Waals surface area contributed by atoms with Crippen LogP contribution < -0.4 is 0 Å². The van der Waals surface area contributed by atoms with E-state index in [0.29, 0.717) is 0 Å². The Balaban J connectivity index is 2.85. The number of rotatable bonds is 7. The van der Waals surface area contributed by atoms with E-state index in [1.165, 1.54) is 0 Å². The number of unbranched alkanes of at least 4 members (excludes halogenated alkanes) is 1. The highest BCUT2D eigenvalue weighted by atomic mass is 16.3. The van der Waals surface area contributed by atoms with Gasteiger partial charge in [0.15, 0.2) is 0 Å². The number of ketones is 1. The van der Waals surface area contributed by atoms with Gasteiger partial charge >= 0.3 is 0 Å². The molecule has 0 aliphatic rings. The first-order valence-corrected chi connectivity index (χ1v) is 6.84. The Morgan fingerprint density at radius 2 is 1.83 bits per heavy atom. The highest BCUT2D eigenvalue weighted by Gasteiger charge is 2.28. The standard InChI is InChI=1S/C16H24O2/c1-4-5-11-14(15(17)12(2)3)16(18)13-9-7-6-8-10-13/h6-10,12,14,16,18H,4-5,11H2,1-3H3. The molecule has 0 fully saturated rings. The van der Waals surface area contributed by atoms with E-state index in [1.54, 1.807) is 0 Å². The molecule has 0 radical (unpaired) electrons. The van der Waals surface area contributed by atoms with Crippen LogP contribution >= 0.6 is 0 Å². The van der Waals surface area contributed by atoms with Crippen LogP contribution in [0.1, 0.15) is 51.7 Å². The fourth-order valence-corrected chi connectivity index (χ4v) is 2.19. The molecule has 2 atom stereocenters. The highest BCUT2D eigenvalue weighted by Crippen LogP contribution is 2.29. The van der Waals surface area contributed by atoms with Gasteiger partial charge in [-0.15, -0.1) is 0 Å². The lowest BCUT2D eigenvalue weighted by molar-refractivity contribution is -0.130. The maximum atomic E-state index is 12.2. The molecule has 1 rings (SSSR count). The smallest absolute Gasteiger partial charge is 0.141 e. The van der Waals surface area contributed by atoms with Gasteiger partial charge in [-0.1, -0.05) is 63.9 Å². The van der Waals surface area contributed by atoms with Crippen LogP contribution in [0.15, 0.2) is 30.3 Å². The van der Waals surface area contributed by atoms with E-state index in [1.807, 2.05) is 44.2 Å². The van der Waals surface area contributed by atoms with Crippen LogP contribution in [0, 0.1) is 11.8 Å². The number of carbonyl (C=O) groups is 1. The maximum Gasteiger partial charge on any atom is 0.141 e. The predicted octanol–water partition coefficient (Wildman–Crippen LogP) is 3.75. The largest absolute Gasteiger partial charge is 0.388 e. The lowest BCUT2D eigenvalue weighted by atomic mass is 9.84. The number of hydrogen-bond acceptors (Lipinski definition) is 2. The number of hydrogen-bond donors (Lipinski definition) is 1. The Labute approximate surface area is 110 Å². The van der Waals surface area contributed by atoms with E-state index >= 15 is 0 Å². The van der Waals surface area contributed by atoms with Gasteiger partial charge in [0.05, 0.1) is 6.10 Å². The predicted molar refractivity (Wildman–Crippen MR) is 74.3 cm³/mol. The van der Waals surface area contributed by atoms with Crippen LogP contribution in [-0.2, 0) is 4.79 Å². The van der Waals surface area contributed by atoms with E-state index in [2.05, 4.69) is 6.92 Å². The second-order valence-corrected chi connectivity index (χ2v) is 5.16. The summed E-state index contributed by atoms with van der Waals surface area (Å²) < 4.78 is 0. The van der Waals surface area contributed by atoms with Gasteiger partial charge < -0.3 is 5.11 Å². The summed E-state index contributed by atoms with van der Waals surface area (Å²) in [5, 5.41) is 10.4. The van der Waals surface area contributed by atoms with Crippen molar-refractivity contribution in [1.82, 2.24) is 0 Å². The molecular formula is C16H24O2. The van der Waals surface area contributed by atoms with Crippen LogP contribution in [0.4, 0.5) is 0 Å². The van der Waals surface area contributed by atoms with Gasteiger partial charge in [-0.25, -0.2) is 0 Å². The topological polar surface area (TPSA) is 37.3 Å². The van der Waals surface area contributed by atoms with E-state index in [0.717, 1.165) is 24.8 Å². The lowest BCUT2D eigenvalue weighted by Gasteiger charge is -2.23. The fraction of sp³-hybridized carbons (Fsp3) is 0.562. The summed E-state index contributed by atoms with van der Waals surface area (Å²) in [4.78, 5) is 12.2. The lowest BCUT2D eigenvalue weighted by Crippen LogP contribution is -2.26. The third kappa shape index (κ3) is 3.95. The molecule has 0 spiro atoms. The van der Waals surface area contributed by atoms with Crippen molar-refractivity contribution in [1.29, 1.82) is 0 Å². The number of Topliss-reactive ketones (excluding diaryl/α,β-unsaturated/α-hetero) is 1. The molecule has 0 heterocycles. The summed E-state index contributed by atoms with van der Waals surface area (Å²) in [6, 6.07) is 9.49. The van der Waals surface area contributed by atoms with Crippen LogP contribution in [0.5, 0.6) is 0 Å². The average molecular weight is 248 g/mol. The Kier molecular flexibility index (Phi) is 6.06. The van der Waals surface area contributed by atoms with Gasteiger partial charge in [0.2, 0.25) is 0 Å². The van der Waals surface area contributed by atoms with Crippen molar-refractivity contribution < 1.29 is 9.90 Å². The molecule has 1 aromatic rings.